The maximum absolute atomic E-state index is 12.3. The second-order valence-corrected chi connectivity index (χ2v) is 4.47. The Bertz CT molecular complexity index is 316. The number of hydrogen-bond donors (Lipinski definition) is 0. The Hall–Kier alpha value is -1.25. The molecule has 1 aromatic rings. The van der Waals surface area contributed by atoms with Crippen LogP contribution in [0.2, 0.25) is 0 Å². The molecule has 3 heteroatoms. The van der Waals surface area contributed by atoms with E-state index in [2.05, 4.69) is 23.8 Å². The summed E-state index contributed by atoms with van der Waals surface area (Å²) in [4.78, 5) is 20.1. The monoisotopic (exact) mass is 234 g/mol. The summed E-state index contributed by atoms with van der Waals surface area (Å²) < 4.78 is 0. The van der Waals surface area contributed by atoms with Crippen LogP contribution in [0.3, 0.4) is 0 Å². The van der Waals surface area contributed by atoms with E-state index >= 15 is 0 Å². The normalized spacial score (nSPS) is 10.8. The van der Waals surface area contributed by atoms with Gasteiger partial charge in [0.15, 0.2) is 5.78 Å². The van der Waals surface area contributed by atoms with Crippen molar-refractivity contribution >= 4 is 5.78 Å². The van der Waals surface area contributed by atoms with E-state index in [1.807, 2.05) is 0 Å². The van der Waals surface area contributed by atoms with Gasteiger partial charge >= 0.3 is 0 Å². The Morgan fingerprint density at radius 2 is 1.65 bits per heavy atom. The first-order valence-electron chi connectivity index (χ1n) is 6.58. The third-order valence-electron chi connectivity index (χ3n) is 3.03. The van der Waals surface area contributed by atoms with Crippen molar-refractivity contribution < 1.29 is 4.79 Å². The second-order valence-electron chi connectivity index (χ2n) is 4.47. The van der Waals surface area contributed by atoms with Crippen LogP contribution in [0.1, 0.15) is 62.7 Å². The molecule has 0 unspecified atom stereocenters. The fourth-order valence-corrected chi connectivity index (χ4v) is 1.97. The number of carbonyl (C=O) groups is 1. The predicted octanol–water partition coefficient (Wildman–Crippen LogP) is 3.66. The topological polar surface area (TPSA) is 42.9 Å². The Labute approximate surface area is 104 Å². The Morgan fingerprint density at radius 1 is 1.12 bits per heavy atom. The van der Waals surface area contributed by atoms with Crippen LogP contribution >= 0.6 is 0 Å². The van der Waals surface area contributed by atoms with E-state index in [-0.39, 0.29) is 11.7 Å². The number of ketones is 1. The molecule has 1 heterocycles. The number of hydrogen-bond acceptors (Lipinski definition) is 3. The van der Waals surface area contributed by atoms with Gasteiger partial charge < -0.3 is 0 Å². The van der Waals surface area contributed by atoms with E-state index in [9.17, 15) is 4.79 Å². The standard InChI is InChI=1S/C14H22N2O/c1-3-5-7-12(8-6-4-2)14(17)13-9-15-11-16-10-13/h9-12H,3-8H2,1-2H3. The minimum Gasteiger partial charge on any atom is -0.294 e. The second kappa shape index (κ2) is 7.93. The lowest BCUT2D eigenvalue weighted by Crippen LogP contribution is -2.15. The molecule has 3 nitrogen and oxygen atoms in total. The molecule has 0 saturated heterocycles. The molecule has 0 radical (unpaired) electrons. The van der Waals surface area contributed by atoms with Gasteiger partial charge in [0.1, 0.15) is 6.33 Å². The average Bonchev–Trinajstić information content (AvgIpc) is 2.39. The number of aromatic nitrogens is 2. The molecule has 0 aliphatic rings. The summed E-state index contributed by atoms with van der Waals surface area (Å²) in [6, 6.07) is 0. The molecule has 0 aliphatic heterocycles. The molecule has 0 saturated carbocycles. The van der Waals surface area contributed by atoms with Gasteiger partial charge in [0.25, 0.3) is 0 Å². The van der Waals surface area contributed by atoms with E-state index in [4.69, 9.17) is 0 Å². The van der Waals surface area contributed by atoms with Crippen molar-refractivity contribution in [3.05, 3.63) is 24.3 Å². The fourth-order valence-electron chi connectivity index (χ4n) is 1.97. The van der Waals surface area contributed by atoms with Crippen LogP contribution in [0.25, 0.3) is 0 Å². The van der Waals surface area contributed by atoms with Crippen LogP contribution < -0.4 is 0 Å². The van der Waals surface area contributed by atoms with Gasteiger partial charge in [-0.1, -0.05) is 39.5 Å². The highest BCUT2D eigenvalue weighted by Gasteiger charge is 2.19. The third kappa shape index (κ3) is 4.63. The molecule has 0 bridgehead atoms. The van der Waals surface area contributed by atoms with Gasteiger partial charge in [0.05, 0.1) is 5.56 Å². The van der Waals surface area contributed by atoms with Crippen molar-refractivity contribution in [2.24, 2.45) is 5.92 Å². The van der Waals surface area contributed by atoms with Crippen molar-refractivity contribution in [2.45, 2.75) is 52.4 Å². The van der Waals surface area contributed by atoms with Crippen molar-refractivity contribution in [2.75, 3.05) is 0 Å². The molecule has 0 spiro atoms. The maximum atomic E-state index is 12.3. The number of Topliss-reactive ketones (excluding diaryl/α,β-unsaturated/α-hetero) is 1. The summed E-state index contributed by atoms with van der Waals surface area (Å²) in [6.45, 7) is 4.32. The number of unbranched alkanes of at least 4 members (excludes halogenated alkanes) is 2. The molecule has 0 atom stereocenters. The van der Waals surface area contributed by atoms with E-state index in [1.54, 1.807) is 12.4 Å². The summed E-state index contributed by atoms with van der Waals surface area (Å²) in [7, 11) is 0. The lowest BCUT2D eigenvalue weighted by atomic mass is 9.89. The maximum Gasteiger partial charge on any atom is 0.169 e. The highest BCUT2D eigenvalue weighted by atomic mass is 16.1. The Kier molecular flexibility index (Phi) is 6.45. The molecule has 0 aromatic carbocycles. The zero-order chi connectivity index (χ0) is 12.5. The molecule has 1 aromatic heterocycles. The van der Waals surface area contributed by atoms with Gasteiger partial charge in [-0.05, 0) is 12.8 Å². The van der Waals surface area contributed by atoms with Crippen LogP contribution in [0.15, 0.2) is 18.7 Å². The van der Waals surface area contributed by atoms with Gasteiger partial charge in [-0.15, -0.1) is 0 Å². The molecule has 0 aliphatic carbocycles. The van der Waals surface area contributed by atoms with Crippen molar-refractivity contribution in [3.63, 3.8) is 0 Å². The van der Waals surface area contributed by atoms with Gasteiger partial charge in [0, 0.05) is 18.3 Å². The van der Waals surface area contributed by atoms with Crippen LogP contribution in [-0.2, 0) is 0 Å². The molecule has 17 heavy (non-hydrogen) atoms. The molecular formula is C14H22N2O. The minimum atomic E-state index is 0.154. The Balaban J connectivity index is 2.64. The first-order valence-corrected chi connectivity index (χ1v) is 6.58. The smallest absolute Gasteiger partial charge is 0.169 e. The first-order chi connectivity index (χ1) is 8.29. The quantitative estimate of drug-likeness (QED) is 0.645. The van der Waals surface area contributed by atoms with Crippen molar-refractivity contribution in [3.8, 4) is 0 Å². The summed E-state index contributed by atoms with van der Waals surface area (Å²) >= 11 is 0. The Morgan fingerprint density at radius 3 is 2.12 bits per heavy atom. The van der Waals surface area contributed by atoms with Gasteiger partial charge in [-0.25, -0.2) is 9.97 Å². The average molecular weight is 234 g/mol. The molecule has 0 N–H and O–H groups in total. The highest BCUT2D eigenvalue weighted by molar-refractivity contribution is 5.97. The molecule has 1 rings (SSSR count). The lowest BCUT2D eigenvalue weighted by molar-refractivity contribution is 0.0902. The summed E-state index contributed by atoms with van der Waals surface area (Å²) in [6.07, 6.45) is 11.2. The van der Waals surface area contributed by atoms with Gasteiger partial charge in [-0.2, -0.15) is 0 Å². The predicted molar refractivity (Wildman–Crippen MR) is 68.9 cm³/mol. The number of carbonyl (C=O) groups excluding carboxylic acids is 1. The minimum absolute atomic E-state index is 0.154. The SMILES string of the molecule is CCCCC(CCCC)C(=O)c1cncnc1. The fraction of sp³-hybridized carbons (Fsp3) is 0.643. The zero-order valence-corrected chi connectivity index (χ0v) is 10.9. The van der Waals surface area contributed by atoms with E-state index in [1.165, 1.54) is 6.33 Å². The van der Waals surface area contributed by atoms with Crippen molar-refractivity contribution in [1.29, 1.82) is 0 Å². The third-order valence-corrected chi connectivity index (χ3v) is 3.03. The molecular weight excluding hydrogens is 212 g/mol. The van der Waals surface area contributed by atoms with Gasteiger partial charge in [-0.3, -0.25) is 4.79 Å². The van der Waals surface area contributed by atoms with E-state index in [0.717, 1.165) is 38.5 Å². The largest absolute Gasteiger partial charge is 0.294 e. The van der Waals surface area contributed by atoms with Gasteiger partial charge in [0.2, 0.25) is 0 Å². The number of nitrogens with zero attached hydrogens (tertiary/aromatic N) is 2. The van der Waals surface area contributed by atoms with Crippen LogP contribution in [0, 0.1) is 5.92 Å². The van der Waals surface area contributed by atoms with Crippen LogP contribution in [0.4, 0.5) is 0 Å². The zero-order valence-electron chi connectivity index (χ0n) is 10.9. The highest BCUT2D eigenvalue weighted by Crippen LogP contribution is 2.20. The van der Waals surface area contributed by atoms with Crippen LogP contribution in [0.5, 0.6) is 0 Å². The van der Waals surface area contributed by atoms with E-state index < -0.39 is 0 Å². The van der Waals surface area contributed by atoms with E-state index in [0.29, 0.717) is 5.56 Å². The summed E-state index contributed by atoms with van der Waals surface area (Å²) in [5.74, 6) is 0.369. The summed E-state index contributed by atoms with van der Waals surface area (Å²) in [5, 5.41) is 0. The first kappa shape index (κ1) is 13.8. The molecule has 94 valence electrons. The van der Waals surface area contributed by atoms with Crippen molar-refractivity contribution in [1.82, 2.24) is 9.97 Å². The molecule has 0 fully saturated rings. The number of rotatable bonds is 8. The lowest BCUT2D eigenvalue weighted by Gasteiger charge is -2.14. The molecule has 0 amide bonds. The van der Waals surface area contributed by atoms with Crippen LogP contribution in [-0.4, -0.2) is 15.8 Å². The summed E-state index contributed by atoms with van der Waals surface area (Å²) in [5.41, 5.74) is 0.657.